The Bertz CT molecular complexity index is 518. The zero-order valence-corrected chi connectivity index (χ0v) is 12.1. The number of carbonyl (C=O) groups excluding carboxylic acids is 1. The molecular formula is C15H19NO2S. The van der Waals surface area contributed by atoms with Crippen LogP contribution in [-0.2, 0) is 0 Å². The van der Waals surface area contributed by atoms with Gasteiger partial charge in [-0.2, -0.15) is 0 Å². The average molecular weight is 277 g/mol. The highest BCUT2D eigenvalue weighted by Gasteiger charge is 2.45. The molecule has 0 aliphatic heterocycles. The molecule has 0 saturated heterocycles. The van der Waals surface area contributed by atoms with Crippen molar-refractivity contribution in [2.45, 2.75) is 26.7 Å². The fourth-order valence-electron chi connectivity index (χ4n) is 2.12. The second kappa shape index (κ2) is 5.77. The molecule has 1 aliphatic rings. The van der Waals surface area contributed by atoms with Crippen LogP contribution >= 0.6 is 11.3 Å². The quantitative estimate of drug-likeness (QED) is 0.829. The molecule has 0 unspecified atom stereocenters. The van der Waals surface area contributed by atoms with Crippen molar-refractivity contribution in [3.8, 4) is 11.8 Å². The first kappa shape index (κ1) is 14.1. The van der Waals surface area contributed by atoms with Gasteiger partial charge in [-0.1, -0.05) is 25.7 Å². The van der Waals surface area contributed by atoms with Gasteiger partial charge in [0.1, 0.15) is 6.61 Å². The molecule has 1 heterocycles. The van der Waals surface area contributed by atoms with E-state index in [2.05, 4.69) is 31.0 Å². The number of rotatable bonds is 4. The molecule has 1 aromatic rings. The Morgan fingerprint density at radius 2 is 2.32 bits per heavy atom. The number of aliphatic hydroxyl groups excluding tert-OH is 1. The standard InChI is InChI=1S/C15H19NO2S/c1-11(2)15(5-6-15)10-16-14(18)12-8-13(19-9-12)4-3-7-17/h8-9,11,17H,5-7,10H2,1-2H3,(H,16,18). The molecule has 2 N–H and O–H groups in total. The smallest absolute Gasteiger partial charge is 0.252 e. The zero-order chi connectivity index (χ0) is 13.9. The molecule has 0 radical (unpaired) electrons. The molecule has 102 valence electrons. The van der Waals surface area contributed by atoms with Crippen LogP contribution in [0, 0.1) is 23.2 Å². The Labute approximate surface area is 118 Å². The van der Waals surface area contributed by atoms with E-state index in [1.165, 1.54) is 24.2 Å². The Kier molecular flexibility index (Phi) is 4.28. The zero-order valence-electron chi connectivity index (χ0n) is 11.3. The van der Waals surface area contributed by atoms with Gasteiger partial charge in [0, 0.05) is 11.9 Å². The van der Waals surface area contributed by atoms with Crippen molar-refractivity contribution < 1.29 is 9.90 Å². The molecule has 19 heavy (non-hydrogen) atoms. The van der Waals surface area contributed by atoms with Crippen molar-refractivity contribution in [3.63, 3.8) is 0 Å². The molecule has 0 aromatic carbocycles. The maximum Gasteiger partial charge on any atom is 0.252 e. The normalized spacial score (nSPS) is 15.8. The van der Waals surface area contributed by atoms with Crippen LogP contribution in [0.25, 0.3) is 0 Å². The molecule has 0 bridgehead atoms. The highest BCUT2D eigenvalue weighted by atomic mass is 32.1. The summed E-state index contributed by atoms with van der Waals surface area (Å²) in [5.41, 5.74) is 0.984. The van der Waals surface area contributed by atoms with Gasteiger partial charge in [-0.15, -0.1) is 11.3 Å². The van der Waals surface area contributed by atoms with Crippen molar-refractivity contribution in [1.29, 1.82) is 0 Å². The summed E-state index contributed by atoms with van der Waals surface area (Å²) >= 11 is 1.43. The minimum atomic E-state index is -0.156. The molecule has 0 atom stereocenters. The number of thiophene rings is 1. The van der Waals surface area contributed by atoms with E-state index in [1.54, 1.807) is 6.07 Å². The summed E-state index contributed by atoms with van der Waals surface area (Å²) in [7, 11) is 0. The fourth-order valence-corrected chi connectivity index (χ4v) is 2.88. The Morgan fingerprint density at radius 3 is 2.89 bits per heavy atom. The van der Waals surface area contributed by atoms with Gasteiger partial charge >= 0.3 is 0 Å². The molecule has 3 nitrogen and oxygen atoms in total. The molecule has 1 saturated carbocycles. The van der Waals surface area contributed by atoms with E-state index in [-0.39, 0.29) is 12.5 Å². The van der Waals surface area contributed by atoms with Crippen molar-refractivity contribution in [1.82, 2.24) is 5.32 Å². The van der Waals surface area contributed by atoms with Gasteiger partial charge in [-0.25, -0.2) is 0 Å². The summed E-state index contributed by atoms with van der Waals surface area (Å²) in [4.78, 5) is 12.8. The number of hydrogen-bond acceptors (Lipinski definition) is 3. The number of amides is 1. The lowest BCUT2D eigenvalue weighted by Gasteiger charge is -2.19. The molecule has 4 heteroatoms. The topological polar surface area (TPSA) is 49.3 Å². The minimum absolute atomic E-state index is 0.0276. The summed E-state index contributed by atoms with van der Waals surface area (Å²) in [6, 6.07) is 1.78. The van der Waals surface area contributed by atoms with Crippen molar-refractivity contribution >= 4 is 17.2 Å². The van der Waals surface area contributed by atoms with Crippen molar-refractivity contribution in [2.75, 3.05) is 13.2 Å². The average Bonchev–Trinajstić information content (AvgIpc) is 3.05. The maximum absolute atomic E-state index is 12.0. The van der Waals surface area contributed by atoms with E-state index < -0.39 is 0 Å². The first-order chi connectivity index (χ1) is 9.07. The number of carbonyl (C=O) groups is 1. The maximum atomic E-state index is 12.0. The van der Waals surface area contributed by atoms with E-state index in [0.717, 1.165) is 11.4 Å². The van der Waals surface area contributed by atoms with E-state index in [9.17, 15) is 4.79 Å². The van der Waals surface area contributed by atoms with E-state index in [1.807, 2.05) is 5.38 Å². The third-order valence-electron chi connectivity index (χ3n) is 3.87. The highest BCUT2D eigenvalue weighted by Crippen LogP contribution is 2.51. The van der Waals surface area contributed by atoms with Crippen molar-refractivity contribution in [2.24, 2.45) is 11.3 Å². The summed E-state index contributed by atoms with van der Waals surface area (Å²) in [6.07, 6.45) is 2.42. The van der Waals surface area contributed by atoms with Gasteiger partial charge in [-0.05, 0) is 30.2 Å². The highest BCUT2D eigenvalue weighted by molar-refractivity contribution is 7.10. The van der Waals surface area contributed by atoms with Crippen molar-refractivity contribution in [3.05, 3.63) is 21.9 Å². The molecule has 1 aromatic heterocycles. The number of aliphatic hydroxyl groups is 1. The van der Waals surface area contributed by atoms with Crippen LogP contribution in [0.1, 0.15) is 41.9 Å². The SMILES string of the molecule is CC(C)C1(CNC(=O)c2csc(C#CCO)c2)CC1. The van der Waals surface area contributed by atoms with Gasteiger partial charge in [-0.3, -0.25) is 4.79 Å². The molecule has 1 aliphatic carbocycles. The molecular weight excluding hydrogens is 258 g/mol. The number of nitrogens with one attached hydrogen (secondary N) is 1. The van der Waals surface area contributed by atoms with Gasteiger partial charge in [0.05, 0.1) is 10.4 Å². The van der Waals surface area contributed by atoms with Gasteiger partial charge in [0.25, 0.3) is 5.91 Å². The lowest BCUT2D eigenvalue weighted by molar-refractivity contribution is 0.0940. The van der Waals surface area contributed by atoms with Crippen LogP contribution in [0.2, 0.25) is 0 Å². The first-order valence-electron chi connectivity index (χ1n) is 6.54. The van der Waals surface area contributed by atoms with E-state index in [0.29, 0.717) is 16.9 Å². The summed E-state index contributed by atoms with van der Waals surface area (Å²) in [5, 5.41) is 13.5. The van der Waals surface area contributed by atoms with Crippen LogP contribution in [-0.4, -0.2) is 24.2 Å². The molecule has 2 rings (SSSR count). The van der Waals surface area contributed by atoms with E-state index in [4.69, 9.17) is 5.11 Å². The summed E-state index contributed by atoms with van der Waals surface area (Å²) in [6.45, 7) is 5.03. The van der Waals surface area contributed by atoms with Gasteiger partial charge in [0.15, 0.2) is 0 Å². The van der Waals surface area contributed by atoms with Crippen LogP contribution in [0.3, 0.4) is 0 Å². The van der Waals surface area contributed by atoms with E-state index >= 15 is 0 Å². The molecule has 1 amide bonds. The van der Waals surface area contributed by atoms with Crippen LogP contribution in [0.5, 0.6) is 0 Å². The Morgan fingerprint density at radius 1 is 1.58 bits per heavy atom. The Balaban J connectivity index is 1.91. The third-order valence-corrected chi connectivity index (χ3v) is 4.72. The van der Waals surface area contributed by atoms with Gasteiger partial charge in [0.2, 0.25) is 0 Å². The predicted molar refractivity (Wildman–Crippen MR) is 77.1 cm³/mol. The largest absolute Gasteiger partial charge is 0.384 e. The first-order valence-corrected chi connectivity index (χ1v) is 7.42. The summed E-state index contributed by atoms with van der Waals surface area (Å²) in [5.74, 6) is 5.98. The fraction of sp³-hybridized carbons (Fsp3) is 0.533. The summed E-state index contributed by atoms with van der Waals surface area (Å²) < 4.78 is 0. The van der Waals surface area contributed by atoms with Crippen LogP contribution in [0.15, 0.2) is 11.4 Å². The third kappa shape index (κ3) is 3.37. The van der Waals surface area contributed by atoms with Gasteiger partial charge < -0.3 is 10.4 Å². The Hall–Kier alpha value is -1.31. The lowest BCUT2D eigenvalue weighted by atomic mass is 9.92. The van der Waals surface area contributed by atoms with Crippen LogP contribution in [0.4, 0.5) is 0 Å². The predicted octanol–water partition coefficient (Wildman–Crippen LogP) is 2.26. The molecule has 1 fully saturated rings. The number of hydrogen-bond donors (Lipinski definition) is 2. The monoisotopic (exact) mass is 277 g/mol. The second-order valence-corrected chi connectivity index (χ2v) is 6.27. The van der Waals surface area contributed by atoms with Crippen LogP contribution < -0.4 is 5.32 Å². The second-order valence-electron chi connectivity index (χ2n) is 5.36. The molecule has 0 spiro atoms. The lowest BCUT2D eigenvalue weighted by Crippen LogP contribution is -2.32. The minimum Gasteiger partial charge on any atom is -0.384 e.